The molecule has 0 aromatic heterocycles. The van der Waals surface area contributed by atoms with Gasteiger partial charge in [-0.3, -0.25) is 14.5 Å². The van der Waals surface area contributed by atoms with Gasteiger partial charge in [-0.25, -0.2) is 0 Å². The number of benzene rings is 2. The Morgan fingerprint density at radius 3 is 1.46 bits per heavy atom. The van der Waals surface area contributed by atoms with Gasteiger partial charge in [0.05, 0.1) is 11.1 Å². The normalized spacial score (nSPS) is 15.4. The highest BCUT2D eigenvalue weighted by atomic mass is 16.2. The van der Waals surface area contributed by atoms with Crippen LogP contribution in [-0.4, -0.2) is 22.3 Å². The molecule has 0 aliphatic carbocycles. The van der Waals surface area contributed by atoms with Crippen molar-refractivity contribution in [3.63, 3.8) is 0 Å². The molecular formula is C21H21NO2. The minimum Gasteiger partial charge on any atom is -0.269 e. The maximum Gasteiger partial charge on any atom is 0.262 e. The molecule has 3 nitrogen and oxygen atoms in total. The van der Waals surface area contributed by atoms with Gasteiger partial charge in [-0.05, 0) is 31.4 Å². The Morgan fingerprint density at radius 2 is 1.12 bits per heavy atom. The highest BCUT2D eigenvalue weighted by Gasteiger charge is 2.45. The summed E-state index contributed by atoms with van der Waals surface area (Å²) in [6.07, 6.45) is 0.703. The van der Waals surface area contributed by atoms with Crippen LogP contribution in [0.5, 0.6) is 0 Å². The zero-order valence-corrected chi connectivity index (χ0v) is 14.2. The van der Waals surface area contributed by atoms with Crippen LogP contribution in [0.4, 0.5) is 0 Å². The molecule has 0 unspecified atom stereocenters. The van der Waals surface area contributed by atoms with Crippen molar-refractivity contribution in [1.29, 1.82) is 0 Å². The summed E-state index contributed by atoms with van der Waals surface area (Å²) >= 11 is 0. The molecule has 3 heteroatoms. The molecule has 0 radical (unpaired) electrons. The summed E-state index contributed by atoms with van der Waals surface area (Å²) in [5.74, 6) is -0.422. The third-order valence-corrected chi connectivity index (χ3v) is 4.68. The highest BCUT2D eigenvalue weighted by Crippen LogP contribution is 2.39. The fourth-order valence-corrected chi connectivity index (χ4v) is 2.98. The van der Waals surface area contributed by atoms with Crippen molar-refractivity contribution in [2.45, 2.75) is 32.7 Å². The van der Waals surface area contributed by atoms with Crippen LogP contribution >= 0.6 is 0 Å². The monoisotopic (exact) mass is 319 g/mol. The van der Waals surface area contributed by atoms with Crippen LogP contribution in [0, 0.1) is 0 Å². The second-order valence-electron chi connectivity index (χ2n) is 6.59. The van der Waals surface area contributed by atoms with Crippen molar-refractivity contribution in [2.24, 2.45) is 0 Å². The number of nitrogens with zero attached hydrogens (tertiary/aromatic N) is 1. The first-order valence-electron chi connectivity index (χ1n) is 8.21. The molecule has 1 heterocycles. The maximum atomic E-state index is 13.2. The average molecular weight is 319 g/mol. The Hall–Kier alpha value is -2.68. The summed E-state index contributed by atoms with van der Waals surface area (Å²) in [7, 11) is 0. The van der Waals surface area contributed by atoms with E-state index >= 15 is 0 Å². The number of hydrogen-bond donors (Lipinski definition) is 0. The predicted octanol–water partition coefficient (Wildman–Crippen LogP) is 4.15. The zero-order chi connectivity index (χ0) is 17.3. The minimum atomic E-state index is -0.523. The van der Waals surface area contributed by atoms with E-state index in [-0.39, 0.29) is 11.8 Å². The van der Waals surface area contributed by atoms with Crippen molar-refractivity contribution >= 4 is 23.0 Å². The zero-order valence-electron chi connectivity index (χ0n) is 14.2. The molecule has 0 saturated carbocycles. The third-order valence-electron chi connectivity index (χ3n) is 4.68. The number of imide groups is 1. The summed E-state index contributed by atoms with van der Waals surface area (Å²) in [5.41, 5.74) is 2.03. The van der Waals surface area contributed by atoms with E-state index in [2.05, 4.69) is 0 Å². The maximum absolute atomic E-state index is 13.2. The quantitative estimate of drug-likeness (QED) is 0.794. The second kappa shape index (κ2) is 6.08. The molecular weight excluding hydrogens is 298 g/mol. The van der Waals surface area contributed by atoms with Gasteiger partial charge in [0.1, 0.15) is 0 Å². The standard InChI is InChI=1S/C21H21NO2/c1-4-21(2,3)22-19(23)17(15-11-7-5-8-12-15)18(20(22)24)16-13-9-6-10-14-16/h5-14H,4H2,1-3H3. The van der Waals surface area contributed by atoms with Crippen molar-refractivity contribution in [2.75, 3.05) is 0 Å². The first-order chi connectivity index (χ1) is 11.5. The molecule has 0 N–H and O–H groups in total. The number of hydrogen-bond acceptors (Lipinski definition) is 2. The molecule has 0 bridgehead atoms. The summed E-state index contributed by atoms with van der Waals surface area (Å²) in [6.45, 7) is 5.85. The average Bonchev–Trinajstić information content (AvgIpc) is 2.87. The molecule has 0 spiro atoms. The molecule has 2 aromatic rings. The van der Waals surface area contributed by atoms with Gasteiger partial charge in [0.25, 0.3) is 11.8 Å². The fourth-order valence-electron chi connectivity index (χ4n) is 2.98. The Bertz CT molecular complexity index is 743. The van der Waals surface area contributed by atoms with Gasteiger partial charge < -0.3 is 0 Å². The SMILES string of the molecule is CCC(C)(C)N1C(=O)C(c2ccccc2)=C(c2ccccc2)C1=O. The molecule has 1 aliphatic rings. The topological polar surface area (TPSA) is 37.4 Å². The molecule has 2 amide bonds. The van der Waals surface area contributed by atoms with Gasteiger partial charge in [0.15, 0.2) is 0 Å². The lowest BCUT2D eigenvalue weighted by atomic mass is 9.96. The highest BCUT2D eigenvalue weighted by molar-refractivity contribution is 6.49. The summed E-state index contributed by atoms with van der Waals surface area (Å²) in [6, 6.07) is 18.9. The van der Waals surface area contributed by atoms with Crippen LogP contribution in [0.3, 0.4) is 0 Å². The number of amides is 2. The molecule has 1 aliphatic heterocycles. The van der Waals surface area contributed by atoms with E-state index in [9.17, 15) is 9.59 Å². The first-order valence-corrected chi connectivity index (χ1v) is 8.21. The van der Waals surface area contributed by atoms with E-state index in [1.54, 1.807) is 0 Å². The largest absolute Gasteiger partial charge is 0.269 e. The van der Waals surface area contributed by atoms with Gasteiger partial charge in [-0.15, -0.1) is 0 Å². The Labute approximate surface area is 142 Å². The Kier molecular flexibility index (Phi) is 4.10. The molecule has 122 valence electrons. The van der Waals surface area contributed by atoms with Crippen LogP contribution in [0.15, 0.2) is 60.7 Å². The number of carbonyl (C=O) groups is 2. The van der Waals surface area contributed by atoms with Gasteiger partial charge in [-0.2, -0.15) is 0 Å². The van der Waals surface area contributed by atoms with E-state index in [1.165, 1.54) is 4.90 Å². The van der Waals surface area contributed by atoms with Gasteiger partial charge in [0, 0.05) is 5.54 Å². The smallest absolute Gasteiger partial charge is 0.262 e. The van der Waals surface area contributed by atoms with Gasteiger partial charge >= 0.3 is 0 Å². The summed E-state index contributed by atoms with van der Waals surface area (Å²) in [5, 5.41) is 0. The molecule has 0 fully saturated rings. The van der Waals surface area contributed by atoms with Crippen molar-refractivity contribution < 1.29 is 9.59 Å². The lowest BCUT2D eigenvalue weighted by Crippen LogP contribution is -2.48. The summed E-state index contributed by atoms with van der Waals surface area (Å²) in [4.78, 5) is 27.7. The van der Waals surface area contributed by atoms with Gasteiger partial charge in [-0.1, -0.05) is 67.6 Å². The van der Waals surface area contributed by atoms with Crippen LogP contribution in [0.25, 0.3) is 11.1 Å². The van der Waals surface area contributed by atoms with Crippen molar-refractivity contribution in [3.8, 4) is 0 Å². The Morgan fingerprint density at radius 1 is 0.750 bits per heavy atom. The Balaban J connectivity index is 2.23. The fraction of sp³-hybridized carbons (Fsp3) is 0.238. The van der Waals surface area contributed by atoms with Crippen molar-refractivity contribution in [3.05, 3.63) is 71.8 Å². The second-order valence-corrected chi connectivity index (χ2v) is 6.59. The van der Waals surface area contributed by atoms with Crippen LogP contribution in [0.2, 0.25) is 0 Å². The summed E-state index contributed by atoms with van der Waals surface area (Å²) < 4.78 is 0. The molecule has 3 rings (SSSR count). The molecule has 0 atom stereocenters. The van der Waals surface area contributed by atoms with E-state index in [4.69, 9.17) is 0 Å². The van der Waals surface area contributed by atoms with Crippen molar-refractivity contribution in [1.82, 2.24) is 4.90 Å². The predicted molar refractivity (Wildman–Crippen MR) is 95.9 cm³/mol. The lowest BCUT2D eigenvalue weighted by Gasteiger charge is -2.33. The van der Waals surface area contributed by atoms with E-state index in [0.29, 0.717) is 17.6 Å². The molecule has 0 saturated heterocycles. The van der Waals surface area contributed by atoms with Crippen LogP contribution < -0.4 is 0 Å². The number of rotatable bonds is 4. The molecule has 24 heavy (non-hydrogen) atoms. The van der Waals surface area contributed by atoms with Gasteiger partial charge in [0.2, 0.25) is 0 Å². The first kappa shape index (κ1) is 16.2. The number of carbonyl (C=O) groups excluding carboxylic acids is 2. The lowest BCUT2D eigenvalue weighted by molar-refractivity contribution is -0.142. The third kappa shape index (κ3) is 2.56. The van der Waals surface area contributed by atoms with E-state index < -0.39 is 5.54 Å². The van der Waals surface area contributed by atoms with E-state index in [0.717, 1.165) is 11.1 Å². The minimum absolute atomic E-state index is 0.211. The van der Waals surface area contributed by atoms with E-state index in [1.807, 2.05) is 81.4 Å². The van der Waals surface area contributed by atoms with Crippen LogP contribution in [0.1, 0.15) is 38.3 Å². The molecule has 2 aromatic carbocycles. The van der Waals surface area contributed by atoms with Crippen LogP contribution in [-0.2, 0) is 9.59 Å².